The first-order valence-corrected chi connectivity index (χ1v) is 6.62. The van der Waals surface area contributed by atoms with E-state index in [4.69, 9.17) is 0 Å². The lowest BCUT2D eigenvalue weighted by Crippen LogP contribution is -1.92. The molecule has 0 fully saturated rings. The Balaban J connectivity index is 0.000000200. The average Bonchev–Trinajstić information content (AvgIpc) is 2.40. The Labute approximate surface area is 118 Å². The number of halogens is 2. The van der Waals surface area contributed by atoms with Crippen molar-refractivity contribution in [1.82, 2.24) is 9.97 Å². The van der Waals surface area contributed by atoms with Gasteiger partial charge in [-0.05, 0) is 29.5 Å². The minimum absolute atomic E-state index is 0.162. The van der Waals surface area contributed by atoms with E-state index in [0.717, 1.165) is 5.56 Å². The van der Waals surface area contributed by atoms with Crippen LogP contribution in [-0.4, -0.2) is 9.97 Å². The Morgan fingerprint density at radius 3 is 2.00 bits per heavy atom. The summed E-state index contributed by atoms with van der Waals surface area (Å²) < 4.78 is 25.0. The van der Waals surface area contributed by atoms with Crippen molar-refractivity contribution in [2.24, 2.45) is 0 Å². The zero-order valence-electron chi connectivity index (χ0n) is 12.3. The number of nitrogens with zero attached hydrogens (tertiary/aromatic N) is 2. The predicted octanol–water partition coefficient (Wildman–Crippen LogP) is 4.69. The molecule has 0 saturated heterocycles. The molecule has 0 aliphatic rings. The largest absolute Gasteiger partial charge is 0.264 e. The second kappa shape index (κ2) is 7.68. The van der Waals surface area contributed by atoms with Crippen LogP contribution in [0.2, 0.25) is 0 Å². The van der Waals surface area contributed by atoms with Crippen molar-refractivity contribution < 1.29 is 8.78 Å². The molecule has 0 unspecified atom stereocenters. The summed E-state index contributed by atoms with van der Waals surface area (Å²) >= 11 is 0. The lowest BCUT2D eigenvalue weighted by Gasteiger charge is -2.03. The molecule has 2 aromatic heterocycles. The lowest BCUT2D eigenvalue weighted by atomic mass is 10.1. The third-order valence-corrected chi connectivity index (χ3v) is 2.84. The first kappa shape index (κ1) is 16.2. The zero-order chi connectivity index (χ0) is 15.1. The number of rotatable bonds is 2. The van der Waals surface area contributed by atoms with E-state index in [1.54, 1.807) is 18.5 Å². The van der Waals surface area contributed by atoms with Crippen LogP contribution in [-0.2, 0) is 0 Å². The van der Waals surface area contributed by atoms with Gasteiger partial charge in [0, 0.05) is 24.2 Å². The van der Waals surface area contributed by atoms with Gasteiger partial charge in [-0.15, -0.1) is 0 Å². The van der Waals surface area contributed by atoms with Crippen LogP contribution in [0.3, 0.4) is 0 Å². The minimum Gasteiger partial charge on any atom is -0.264 e. The molecule has 2 nitrogen and oxygen atoms in total. The van der Waals surface area contributed by atoms with Crippen molar-refractivity contribution in [2.75, 3.05) is 0 Å². The van der Waals surface area contributed by atoms with E-state index in [2.05, 4.69) is 23.8 Å². The van der Waals surface area contributed by atoms with E-state index in [1.807, 2.05) is 13.8 Å². The Morgan fingerprint density at radius 2 is 1.60 bits per heavy atom. The molecule has 0 aliphatic carbocycles. The van der Waals surface area contributed by atoms with Gasteiger partial charge in [0.1, 0.15) is 5.82 Å². The van der Waals surface area contributed by atoms with E-state index < -0.39 is 5.95 Å². The fourth-order valence-electron chi connectivity index (χ4n) is 1.54. The van der Waals surface area contributed by atoms with Gasteiger partial charge in [-0.1, -0.05) is 33.8 Å². The molecule has 0 spiro atoms. The fraction of sp³-hybridized carbons (Fsp3) is 0.375. The second-order valence-electron chi connectivity index (χ2n) is 5.12. The average molecular weight is 278 g/mol. The summed E-state index contributed by atoms with van der Waals surface area (Å²) in [5.41, 5.74) is 1.75. The molecule has 2 aromatic rings. The van der Waals surface area contributed by atoms with Crippen LogP contribution in [0.5, 0.6) is 0 Å². The van der Waals surface area contributed by atoms with Crippen LogP contribution in [0, 0.1) is 11.8 Å². The second-order valence-corrected chi connectivity index (χ2v) is 5.12. The van der Waals surface area contributed by atoms with E-state index >= 15 is 0 Å². The first-order valence-electron chi connectivity index (χ1n) is 6.62. The quantitative estimate of drug-likeness (QED) is 0.745. The summed E-state index contributed by atoms with van der Waals surface area (Å²) in [4.78, 5) is 7.36. The maximum atomic E-state index is 12.8. The van der Waals surface area contributed by atoms with Crippen LogP contribution in [0.25, 0.3) is 0 Å². The highest BCUT2D eigenvalue weighted by Gasteiger charge is 2.03. The molecular weight excluding hydrogens is 258 g/mol. The van der Waals surface area contributed by atoms with Gasteiger partial charge in [0.15, 0.2) is 0 Å². The maximum Gasteiger partial charge on any atom is 0.212 e. The molecular formula is C16H20F2N2. The molecule has 0 atom stereocenters. The molecule has 108 valence electrons. The van der Waals surface area contributed by atoms with Gasteiger partial charge < -0.3 is 0 Å². The number of pyridine rings is 2. The number of hydrogen-bond acceptors (Lipinski definition) is 2. The molecule has 2 rings (SSSR count). The molecule has 0 bridgehead atoms. The third kappa shape index (κ3) is 5.03. The van der Waals surface area contributed by atoms with Crippen LogP contribution in [0.15, 0.2) is 36.8 Å². The van der Waals surface area contributed by atoms with Gasteiger partial charge in [0.05, 0.1) is 0 Å². The summed E-state index contributed by atoms with van der Waals surface area (Å²) in [7, 11) is 0. The van der Waals surface area contributed by atoms with Gasteiger partial charge in [-0.2, -0.15) is 4.39 Å². The third-order valence-electron chi connectivity index (χ3n) is 2.84. The highest BCUT2D eigenvalue weighted by Crippen LogP contribution is 2.15. The van der Waals surface area contributed by atoms with Crippen molar-refractivity contribution in [3.63, 3.8) is 0 Å². The smallest absolute Gasteiger partial charge is 0.212 e. The van der Waals surface area contributed by atoms with E-state index in [-0.39, 0.29) is 11.7 Å². The van der Waals surface area contributed by atoms with E-state index in [0.29, 0.717) is 11.5 Å². The molecule has 4 heteroatoms. The SMILES string of the molecule is CC(C)c1ccc(F)nc1.CC(C)c1cnccc1F. The Bertz CT molecular complexity index is 522. The van der Waals surface area contributed by atoms with E-state index in [1.165, 1.54) is 18.3 Å². The molecule has 0 amide bonds. The van der Waals surface area contributed by atoms with Gasteiger partial charge in [0.25, 0.3) is 0 Å². The van der Waals surface area contributed by atoms with Gasteiger partial charge in [-0.3, -0.25) is 4.98 Å². The molecule has 2 heterocycles. The van der Waals surface area contributed by atoms with Gasteiger partial charge >= 0.3 is 0 Å². The number of hydrogen-bond donors (Lipinski definition) is 0. The van der Waals surface area contributed by atoms with Crippen LogP contribution < -0.4 is 0 Å². The van der Waals surface area contributed by atoms with Crippen molar-refractivity contribution in [3.8, 4) is 0 Å². The standard InChI is InChI=1S/2C8H10FN/c1-6(2)7-5-10-4-3-8(7)9;1-6(2)7-3-4-8(9)10-5-7/h2*3-6H,1-2H3. The number of aromatic nitrogens is 2. The van der Waals surface area contributed by atoms with Crippen molar-refractivity contribution in [1.29, 1.82) is 0 Å². The molecule has 0 N–H and O–H groups in total. The predicted molar refractivity (Wildman–Crippen MR) is 76.6 cm³/mol. The summed E-state index contributed by atoms with van der Waals surface area (Å²) in [5.74, 6) is 0.0659. The van der Waals surface area contributed by atoms with Crippen molar-refractivity contribution in [3.05, 3.63) is 59.7 Å². The molecule has 0 radical (unpaired) electrons. The van der Waals surface area contributed by atoms with Gasteiger partial charge in [0.2, 0.25) is 5.95 Å². The van der Waals surface area contributed by atoms with Crippen molar-refractivity contribution >= 4 is 0 Å². The monoisotopic (exact) mass is 278 g/mol. The minimum atomic E-state index is -0.413. The van der Waals surface area contributed by atoms with Crippen LogP contribution in [0.1, 0.15) is 50.7 Å². The summed E-state index contributed by atoms with van der Waals surface area (Å²) in [6.45, 7) is 7.99. The topological polar surface area (TPSA) is 25.8 Å². The van der Waals surface area contributed by atoms with Crippen molar-refractivity contribution in [2.45, 2.75) is 39.5 Å². The highest BCUT2D eigenvalue weighted by molar-refractivity contribution is 5.15. The summed E-state index contributed by atoms with van der Waals surface area (Å²) in [6.07, 6.45) is 4.60. The Morgan fingerprint density at radius 1 is 0.900 bits per heavy atom. The molecule has 20 heavy (non-hydrogen) atoms. The molecule has 0 saturated carbocycles. The normalized spacial score (nSPS) is 10.4. The van der Waals surface area contributed by atoms with Crippen LogP contribution >= 0.6 is 0 Å². The van der Waals surface area contributed by atoms with Gasteiger partial charge in [-0.25, -0.2) is 9.37 Å². The Kier molecular flexibility index (Phi) is 6.22. The fourth-order valence-corrected chi connectivity index (χ4v) is 1.54. The lowest BCUT2D eigenvalue weighted by molar-refractivity contribution is 0.581. The summed E-state index contributed by atoms with van der Waals surface area (Å²) in [5, 5.41) is 0. The van der Waals surface area contributed by atoms with E-state index in [9.17, 15) is 8.78 Å². The van der Waals surface area contributed by atoms with Crippen LogP contribution in [0.4, 0.5) is 8.78 Å². The highest BCUT2D eigenvalue weighted by atomic mass is 19.1. The molecule has 0 aromatic carbocycles. The summed E-state index contributed by atoms with van der Waals surface area (Å²) in [6, 6.07) is 4.53. The Hall–Kier alpha value is -1.84. The maximum absolute atomic E-state index is 12.8. The zero-order valence-corrected chi connectivity index (χ0v) is 12.3. The first-order chi connectivity index (χ1) is 9.41. The molecule has 0 aliphatic heterocycles.